The molecular weight excluding hydrogens is 188 g/mol. The molecule has 0 aromatic carbocycles. The summed E-state index contributed by atoms with van der Waals surface area (Å²) in [5.74, 6) is 0. The van der Waals surface area contributed by atoms with Crippen molar-refractivity contribution in [3.63, 3.8) is 0 Å². The highest BCUT2D eigenvalue weighted by Crippen LogP contribution is 2.19. The van der Waals surface area contributed by atoms with Crippen molar-refractivity contribution in [1.82, 2.24) is 4.98 Å². The summed E-state index contributed by atoms with van der Waals surface area (Å²) in [6.45, 7) is 4.15. The van der Waals surface area contributed by atoms with Gasteiger partial charge in [-0.3, -0.25) is 4.98 Å². The Bertz CT molecular complexity index is 301. The lowest BCUT2D eigenvalue weighted by molar-refractivity contribution is 0.0724. The normalized spacial score (nSPS) is 14.9. The van der Waals surface area contributed by atoms with Gasteiger partial charge < -0.3 is 10.5 Å². The number of nitrogens with two attached hydrogens (primary N) is 1. The van der Waals surface area contributed by atoms with Gasteiger partial charge in [0.05, 0.1) is 12.1 Å². The zero-order valence-electron chi connectivity index (χ0n) is 9.73. The Kier molecular flexibility index (Phi) is 4.72. The molecule has 3 heteroatoms. The zero-order chi connectivity index (χ0) is 11.3. The summed E-state index contributed by atoms with van der Waals surface area (Å²) in [4.78, 5) is 4.15. The Labute approximate surface area is 91.7 Å². The lowest BCUT2D eigenvalue weighted by Crippen LogP contribution is -2.28. The Balaban J connectivity index is 2.77. The molecule has 0 radical (unpaired) electrons. The standard InChI is InChI=1S/C12H20N2O/c1-4-5-11(15-3)12(13)10-6-9(2)7-14-8-10/h6-8,11-12H,4-5,13H2,1-3H3. The van der Waals surface area contributed by atoms with Crippen LogP contribution >= 0.6 is 0 Å². The molecule has 84 valence electrons. The third-order valence-corrected chi connectivity index (χ3v) is 2.56. The monoisotopic (exact) mass is 208 g/mol. The van der Waals surface area contributed by atoms with E-state index in [1.54, 1.807) is 7.11 Å². The van der Waals surface area contributed by atoms with Crippen LogP contribution in [0.4, 0.5) is 0 Å². The molecule has 0 saturated carbocycles. The van der Waals surface area contributed by atoms with E-state index in [1.165, 1.54) is 0 Å². The van der Waals surface area contributed by atoms with Gasteiger partial charge in [0.1, 0.15) is 0 Å². The van der Waals surface area contributed by atoms with Gasteiger partial charge in [0.25, 0.3) is 0 Å². The molecular formula is C12H20N2O. The van der Waals surface area contributed by atoms with E-state index in [-0.39, 0.29) is 12.1 Å². The number of aryl methyl sites for hydroxylation is 1. The fourth-order valence-corrected chi connectivity index (χ4v) is 1.70. The Hall–Kier alpha value is -0.930. The molecule has 1 aromatic heterocycles. The first-order valence-electron chi connectivity index (χ1n) is 5.39. The highest BCUT2D eigenvalue weighted by molar-refractivity contribution is 5.20. The molecule has 0 aliphatic rings. The summed E-state index contributed by atoms with van der Waals surface area (Å²) in [5.41, 5.74) is 8.32. The van der Waals surface area contributed by atoms with Crippen LogP contribution in [0.15, 0.2) is 18.5 Å². The topological polar surface area (TPSA) is 48.1 Å². The van der Waals surface area contributed by atoms with Gasteiger partial charge in [-0.15, -0.1) is 0 Å². The van der Waals surface area contributed by atoms with Crippen LogP contribution in [0.25, 0.3) is 0 Å². The molecule has 1 rings (SSSR count). The van der Waals surface area contributed by atoms with Crippen molar-refractivity contribution in [3.05, 3.63) is 29.6 Å². The average molecular weight is 208 g/mol. The van der Waals surface area contributed by atoms with Gasteiger partial charge >= 0.3 is 0 Å². The molecule has 2 N–H and O–H groups in total. The Morgan fingerprint density at radius 3 is 2.73 bits per heavy atom. The van der Waals surface area contributed by atoms with E-state index in [2.05, 4.69) is 18.0 Å². The quantitative estimate of drug-likeness (QED) is 0.807. The summed E-state index contributed by atoms with van der Waals surface area (Å²) in [6.07, 6.45) is 5.78. The van der Waals surface area contributed by atoms with Gasteiger partial charge in [-0.05, 0) is 24.5 Å². The number of rotatable bonds is 5. The number of aromatic nitrogens is 1. The highest BCUT2D eigenvalue weighted by Gasteiger charge is 2.18. The maximum Gasteiger partial charge on any atom is 0.0764 e. The summed E-state index contributed by atoms with van der Waals surface area (Å²) in [5, 5.41) is 0. The highest BCUT2D eigenvalue weighted by atomic mass is 16.5. The van der Waals surface area contributed by atoms with Gasteiger partial charge in [-0.2, -0.15) is 0 Å². The summed E-state index contributed by atoms with van der Waals surface area (Å²) in [7, 11) is 1.71. The van der Waals surface area contributed by atoms with Crippen LogP contribution in [-0.4, -0.2) is 18.2 Å². The first kappa shape index (κ1) is 12.1. The van der Waals surface area contributed by atoms with Crippen LogP contribution in [-0.2, 0) is 4.74 Å². The van der Waals surface area contributed by atoms with E-state index in [1.807, 2.05) is 19.3 Å². The van der Waals surface area contributed by atoms with E-state index in [4.69, 9.17) is 10.5 Å². The summed E-state index contributed by atoms with van der Waals surface area (Å²) < 4.78 is 5.39. The molecule has 2 atom stereocenters. The summed E-state index contributed by atoms with van der Waals surface area (Å²) in [6, 6.07) is 1.99. The van der Waals surface area contributed by atoms with Gasteiger partial charge in [-0.25, -0.2) is 0 Å². The second-order valence-corrected chi connectivity index (χ2v) is 3.88. The van der Waals surface area contributed by atoms with Crippen molar-refractivity contribution in [2.45, 2.75) is 38.8 Å². The molecule has 0 saturated heterocycles. The number of methoxy groups -OCH3 is 1. The molecule has 15 heavy (non-hydrogen) atoms. The van der Waals surface area contributed by atoms with E-state index in [0.717, 1.165) is 24.0 Å². The van der Waals surface area contributed by atoms with Gasteiger partial charge in [0.15, 0.2) is 0 Å². The number of nitrogens with zero attached hydrogens (tertiary/aromatic N) is 1. The largest absolute Gasteiger partial charge is 0.379 e. The Morgan fingerprint density at radius 1 is 1.47 bits per heavy atom. The van der Waals surface area contributed by atoms with Gasteiger partial charge in [-0.1, -0.05) is 19.4 Å². The molecule has 0 spiro atoms. The van der Waals surface area contributed by atoms with Gasteiger partial charge in [0, 0.05) is 19.5 Å². The van der Waals surface area contributed by atoms with Crippen LogP contribution in [0.5, 0.6) is 0 Å². The second kappa shape index (κ2) is 5.83. The molecule has 1 aromatic rings. The van der Waals surface area contributed by atoms with E-state index in [9.17, 15) is 0 Å². The molecule has 1 heterocycles. The SMILES string of the molecule is CCCC(OC)C(N)c1cncc(C)c1. The molecule has 0 aliphatic carbocycles. The maximum absolute atomic E-state index is 6.14. The second-order valence-electron chi connectivity index (χ2n) is 3.88. The van der Waals surface area contributed by atoms with Crippen molar-refractivity contribution < 1.29 is 4.74 Å². The minimum Gasteiger partial charge on any atom is -0.379 e. The first-order valence-corrected chi connectivity index (χ1v) is 5.39. The van der Waals surface area contributed by atoms with Crippen molar-refractivity contribution >= 4 is 0 Å². The molecule has 0 aliphatic heterocycles. The minimum atomic E-state index is -0.0812. The van der Waals surface area contributed by atoms with E-state index < -0.39 is 0 Å². The average Bonchev–Trinajstić information content (AvgIpc) is 2.25. The molecule has 0 fully saturated rings. The number of ether oxygens (including phenoxy) is 1. The smallest absolute Gasteiger partial charge is 0.0764 e. The van der Waals surface area contributed by atoms with Crippen LogP contribution < -0.4 is 5.73 Å². The minimum absolute atomic E-state index is 0.0812. The fourth-order valence-electron chi connectivity index (χ4n) is 1.70. The van der Waals surface area contributed by atoms with E-state index in [0.29, 0.717) is 0 Å². The first-order chi connectivity index (χ1) is 7.19. The maximum atomic E-state index is 6.14. The van der Waals surface area contributed by atoms with Crippen LogP contribution in [0, 0.1) is 6.92 Å². The summed E-state index contributed by atoms with van der Waals surface area (Å²) >= 11 is 0. The molecule has 0 bridgehead atoms. The predicted molar refractivity (Wildman–Crippen MR) is 61.6 cm³/mol. The third kappa shape index (κ3) is 3.29. The van der Waals surface area contributed by atoms with Crippen LogP contribution in [0.1, 0.15) is 36.9 Å². The fraction of sp³-hybridized carbons (Fsp3) is 0.583. The lowest BCUT2D eigenvalue weighted by Gasteiger charge is -2.22. The predicted octanol–water partition coefficient (Wildman–Crippen LogP) is 2.20. The zero-order valence-corrected chi connectivity index (χ0v) is 9.73. The van der Waals surface area contributed by atoms with Crippen molar-refractivity contribution in [2.24, 2.45) is 5.73 Å². The van der Waals surface area contributed by atoms with Crippen molar-refractivity contribution in [1.29, 1.82) is 0 Å². The third-order valence-electron chi connectivity index (χ3n) is 2.56. The Morgan fingerprint density at radius 2 is 2.20 bits per heavy atom. The van der Waals surface area contributed by atoms with Crippen molar-refractivity contribution in [2.75, 3.05) is 7.11 Å². The van der Waals surface area contributed by atoms with E-state index >= 15 is 0 Å². The number of pyridine rings is 1. The van der Waals surface area contributed by atoms with Crippen molar-refractivity contribution in [3.8, 4) is 0 Å². The van der Waals surface area contributed by atoms with Crippen LogP contribution in [0.2, 0.25) is 0 Å². The van der Waals surface area contributed by atoms with Gasteiger partial charge in [0.2, 0.25) is 0 Å². The molecule has 3 nitrogen and oxygen atoms in total. The lowest BCUT2D eigenvalue weighted by atomic mass is 10.00. The number of hydrogen-bond donors (Lipinski definition) is 1. The number of hydrogen-bond acceptors (Lipinski definition) is 3. The molecule has 2 unspecified atom stereocenters. The van der Waals surface area contributed by atoms with Crippen LogP contribution in [0.3, 0.4) is 0 Å². The molecule has 0 amide bonds.